The summed E-state index contributed by atoms with van der Waals surface area (Å²) >= 11 is 0. The number of carbonyl (C=O) groups excluding carboxylic acids is 1. The number of anilines is 1. The monoisotopic (exact) mass is 320 g/mol. The van der Waals surface area contributed by atoms with Crippen LogP contribution in [0, 0.1) is 10.1 Å². The van der Waals surface area contributed by atoms with Gasteiger partial charge in [0.15, 0.2) is 11.5 Å². The molecule has 10 nitrogen and oxygen atoms in total. The normalized spacial score (nSPS) is 10.0. The molecule has 0 aliphatic rings. The number of hydrogen-bond donors (Lipinski definition) is 1. The summed E-state index contributed by atoms with van der Waals surface area (Å²) in [7, 11) is 2.60. The van der Waals surface area contributed by atoms with Gasteiger partial charge >= 0.3 is 17.5 Å². The fraction of sp³-hybridized carbons (Fsp3) is 0.154. The second kappa shape index (κ2) is 6.56. The summed E-state index contributed by atoms with van der Waals surface area (Å²) in [5, 5.41) is 11.0. The van der Waals surface area contributed by atoms with Gasteiger partial charge in [0.1, 0.15) is 6.33 Å². The number of esters is 1. The molecule has 2 aromatic rings. The van der Waals surface area contributed by atoms with Crippen molar-refractivity contribution in [3.8, 4) is 17.4 Å². The van der Waals surface area contributed by atoms with E-state index in [1.165, 1.54) is 32.4 Å². The van der Waals surface area contributed by atoms with Gasteiger partial charge in [0.25, 0.3) is 0 Å². The van der Waals surface area contributed by atoms with Crippen molar-refractivity contribution in [2.24, 2.45) is 0 Å². The van der Waals surface area contributed by atoms with Crippen LogP contribution in [-0.4, -0.2) is 35.1 Å². The lowest BCUT2D eigenvalue weighted by molar-refractivity contribution is -0.385. The Labute approximate surface area is 130 Å². The Kier molecular flexibility index (Phi) is 4.55. The van der Waals surface area contributed by atoms with Crippen LogP contribution in [0.15, 0.2) is 24.5 Å². The average molecular weight is 320 g/mol. The molecule has 0 spiro atoms. The number of aromatic nitrogens is 2. The number of nitrogens with two attached hydrogens (primary N) is 1. The van der Waals surface area contributed by atoms with Crippen molar-refractivity contribution in [1.29, 1.82) is 0 Å². The highest BCUT2D eigenvalue weighted by atomic mass is 16.6. The van der Waals surface area contributed by atoms with Crippen LogP contribution in [0.3, 0.4) is 0 Å². The van der Waals surface area contributed by atoms with Gasteiger partial charge in [-0.1, -0.05) is 0 Å². The number of carbonyl (C=O) groups is 1. The van der Waals surface area contributed by atoms with Gasteiger partial charge in [0.2, 0.25) is 5.82 Å². The van der Waals surface area contributed by atoms with Crippen molar-refractivity contribution in [3.05, 3.63) is 40.2 Å². The number of methoxy groups -OCH3 is 2. The minimum Gasteiger partial charge on any atom is -0.493 e. The lowest BCUT2D eigenvalue weighted by atomic mass is 10.2. The molecule has 0 radical (unpaired) electrons. The zero-order valence-electron chi connectivity index (χ0n) is 12.2. The first kappa shape index (κ1) is 15.9. The van der Waals surface area contributed by atoms with E-state index in [0.717, 1.165) is 6.33 Å². The molecule has 0 atom stereocenters. The number of hydrogen-bond acceptors (Lipinski definition) is 9. The van der Waals surface area contributed by atoms with Crippen LogP contribution in [-0.2, 0) is 4.74 Å². The lowest BCUT2D eigenvalue weighted by Gasteiger charge is -2.11. The fourth-order valence-corrected chi connectivity index (χ4v) is 1.72. The van der Waals surface area contributed by atoms with Crippen LogP contribution in [0.5, 0.6) is 17.4 Å². The maximum absolute atomic E-state index is 11.5. The largest absolute Gasteiger partial charge is 0.493 e. The second-order valence-corrected chi connectivity index (χ2v) is 4.13. The summed E-state index contributed by atoms with van der Waals surface area (Å²) in [5.41, 5.74) is 5.13. The van der Waals surface area contributed by atoms with Crippen LogP contribution in [0.4, 0.5) is 11.5 Å². The zero-order chi connectivity index (χ0) is 17.0. The van der Waals surface area contributed by atoms with Gasteiger partial charge in [-0.2, -0.15) is 4.98 Å². The molecule has 120 valence electrons. The molecule has 0 saturated heterocycles. The maximum Gasteiger partial charge on any atom is 0.372 e. The molecular weight excluding hydrogens is 308 g/mol. The molecule has 0 bridgehead atoms. The van der Waals surface area contributed by atoms with Gasteiger partial charge in [-0.25, -0.2) is 9.78 Å². The van der Waals surface area contributed by atoms with E-state index in [0.29, 0.717) is 0 Å². The van der Waals surface area contributed by atoms with Gasteiger partial charge in [0.05, 0.1) is 24.7 Å². The van der Waals surface area contributed by atoms with E-state index in [-0.39, 0.29) is 28.8 Å². The zero-order valence-corrected chi connectivity index (χ0v) is 12.2. The Morgan fingerprint density at radius 2 is 2.00 bits per heavy atom. The highest BCUT2D eigenvalue weighted by molar-refractivity contribution is 5.90. The van der Waals surface area contributed by atoms with Gasteiger partial charge in [-0.05, 0) is 18.2 Å². The van der Waals surface area contributed by atoms with E-state index in [2.05, 4.69) is 14.7 Å². The second-order valence-electron chi connectivity index (χ2n) is 4.13. The molecule has 1 aromatic carbocycles. The number of rotatable bonds is 5. The fourth-order valence-electron chi connectivity index (χ4n) is 1.72. The Balaban J connectivity index is 2.43. The molecule has 10 heteroatoms. The molecule has 0 aliphatic carbocycles. The number of nitrogen functional groups attached to an aromatic ring is 1. The average Bonchev–Trinajstić information content (AvgIpc) is 2.54. The highest BCUT2D eigenvalue weighted by Crippen LogP contribution is 2.37. The molecule has 2 N–H and O–H groups in total. The van der Waals surface area contributed by atoms with Gasteiger partial charge in [0, 0.05) is 0 Å². The minimum absolute atomic E-state index is 0.112. The SMILES string of the molecule is COC(=O)c1ccc(Oc2ncnc(N)c2[N+](=O)[O-])c(OC)c1. The van der Waals surface area contributed by atoms with E-state index in [4.69, 9.17) is 15.2 Å². The summed E-state index contributed by atoms with van der Waals surface area (Å²) in [6.07, 6.45) is 1.03. The van der Waals surface area contributed by atoms with E-state index in [9.17, 15) is 14.9 Å². The molecular formula is C13H12N4O6. The summed E-state index contributed by atoms with van der Waals surface area (Å²) in [4.78, 5) is 29.0. The summed E-state index contributed by atoms with van der Waals surface area (Å²) in [6.45, 7) is 0. The number of nitrogens with zero attached hydrogens (tertiary/aromatic N) is 3. The predicted octanol–water partition coefficient (Wildman–Crippen LogP) is 1.55. The first-order valence-corrected chi connectivity index (χ1v) is 6.17. The topological polar surface area (TPSA) is 140 Å². The summed E-state index contributed by atoms with van der Waals surface area (Å²) in [5.74, 6) is -0.954. The molecule has 0 unspecified atom stereocenters. The highest BCUT2D eigenvalue weighted by Gasteiger charge is 2.24. The van der Waals surface area contributed by atoms with Crippen molar-refractivity contribution < 1.29 is 23.9 Å². The third-order valence-electron chi connectivity index (χ3n) is 2.79. The van der Waals surface area contributed by atoms with Crippen LogP contribution in [0.1, 0.15) is 10.4 Å². The lowest BCUT2D eigenvalue weighted by Crippen LogP contribution is -2.04. The first-order chi connectivity index (χ1) is 11.0. The van der Waals surface area contributed by atoms with Crippen molar-refractivity contribution in [1.82, 2.24) is 9.97 Å². The molecule has 1 heterocycles. The standard InChI is InChI=1S/C13H12N4O6/c1-21-9-5-7(13(18)22-2)3-4-8(9)23-12-10(17(19)20)11(14)15-6-16-12/h3-6H,1-2H3,(H2,14,15,16). The first-order valence-electron chi connectivity index (χ1n) is 6.17. The predicted molar refractivity (Wildman–Crippen MR) is 77.5 cm³/mol. The van der Waals surface area contributed by atoms with Gasteiger partial charge in [-0.15, -0.1) is 0 Å². The van der Waals surface area contributed by atoms with Crippen LogP contribution in [0.25, 0.3) is 0 Å². The smallest absolute Gasteiger partial charge is 0.372 e. The Bertz CT molecular complexity index is 764. The number of benzene rings is 1. The van der Waals surface area contributed by atoms with Crippen molar-refractivity contribution >= 4 is 17.5 Å². The maximum atomic E-state index is 11.5. The minimum atomic E-state index is -0.750. The van der Waals surface area contributed by atoms with Crippen molar-refractivity contribution in [2.45, 2.75) is 0 Å². The van der Waals surface area contributed by atoms with Crippen LogP contribution < -0.4 is 15.2 Å². The number of nitro groups is 1. The van der Waals surface area contributed by atoms with Crippen molar-refractivity contribution in [3.63, 3.8) is 0 Å². The molecule has 0 amide bonds. The Morgan fingerprint density at radius 1 is 1.26 bits per heavy atom. The molecule has 0 fully saturated rings. The molecule has 1 aromatic heterocycles. The third kappa shape index (κ3) is 3.26. The quantitative estimate of drug-likeness (QED) is 0.493. The van der Waals surface area contributed by atoms with Crippen molar-refractivity contribution in [2.75, 3.05) is 20.0 Å². The van der Waals surface area contributed by atoms with Gasteiger partial charge in [-0.3, -0.25) is 10.1 Å². The summed E-state index contributed by atoms with van der Waals surface area (Å²) in [6, 6.07) is 4.19. The van der Waals surface area contributed by atoms with E-state index in [1.807, 2.05) is 0 Å². The Hall–Kier alpha value is -3.43. The third-order valence-corrected chi connectivity index (χ3v) is 2.79. The number of ether oxygens (including phenoxy) is 3. The van der Waals surface area contributed by atoms with Crippen LogP contribution >= 0.6 is 0 Å². The van der Waals surface area contributed by atoms with Gasteiger partial charge < -0.3 is 19.9 Å². The molecule has 0 saturated carbocycles. The Morgan fingerprint density at radius 3 is 2.61 bits per heavy atom. The molecule has 0 aliphatic heterocycles. The van der Waals surface area contributed by atoms with E-state index in [1.54, 1.807) is 0 Å². The van der Waals surface area contributed by atoms with E-state index < -0.39 is 16.6 Å². The van der Waals surface area contributed by atoms with E-state index >= 15 is 0 Å². The molecule has 2 rings (SSSR count). The molecule has 23 heavy (non-hydrogen) atoms. The van der Waals surface area contributed by atoms with Crippen LogP contribution in [0.2, 0.25) is 0 Å². The summed E-state index contributed by atoms with van der Waals surface area (Å²) < 4.78 is 15.1.